The quantitative estimate of drug-likeness (QED) is 0.705. The van der Waals surface area contributed by atoms with Gasteiger partial charge >= 0.3 is 7.82 Å². The van der Waals surface area contributed by atoms with E-state index in [1.54, 1.807) is 12.1 Å². The molecule has 0 amide bonds. The first-order valence-electron chi connectivity index (χ1n) is 3.96. The van der Waals surface area contributed by atoms with Gasteiger partial charge in [0.15, 0.2) is 11.5 Å². The van der Waals surface area contributed by atoms with Crippen LogP contribution in [0.3, 0.4) is 0 Å². The molecule has 1 unspecified atom stereocenters. The number of para-hydroxylation sites is 1. The Morgan fingerprint density at radius 3 is 2.92 bits per heavy atom. The second-order valence-corrected chi connectivity index (χ2v) is 4.05. The first kappa shape index (κ1) is 8.60. The van der Waals surface area contributed by atoms with E-state index < -0.39 is 7.82 Å². The molecule has 1 heterocycles. The van der Waals surface area contributed by atoms with Crippen molar-refractivity contribution in [2.24, 2.45) is 0 Å². The van der Waals surface area contributed by atoms with Crippen molar-refractivity contribution in [3.8, 4) is 11.5 Å². The molecule has 0 aliphatic carbocycles. The third kappa shape index (κ3) is 1.43. The van der Waals surface area contributed by atoms with Gasteiger partial charge in [-0.2, -0.15) is 0 Å². The Morgan fingerprint density at radius 2 is 2.23 bits per heavy atom. The lowest BCUT2D eigenvalue weighted by Gasteiger charge is -2.01. The van der Waals surface area contributed by atoms with E-state index >= 15 is 0 Å². The second kappa shape index (κ2) is 2.76. The summed E-state index contributed by atoms with van der Waals surface area (Å²) in [5.74, 6) is 0.751. The van der Waals surface area contributed by atoms with Crippen molar-refractivity contribution in [3.05, 3.63) is 23.8 Å². The lowest BCUT2D eigenvalue weighted by atomic mass is 10.1. The Labute approximate surface area is 75.7 Å². The number of fused-ring (bicyclic) bond motifs is 1. The first-order chi connectivity index (χ1) is 6.12. The number of phosphoric acid groups is 1. The van der Waals surface area contributed by atoms with Gasteiger partial charge < -0.3 is 9.05 Å². The minimum Gasteiger partial charge on any atom is -0.391 e. The third-order valence-electron chi connectivity index (χ3n) is 1.86. The van der Waals surface area contributed by atoms with Crippen molar-refractivity contribution < 1.29 is 18.5 Å². The maximum absolute atomic E-state index is 11.1. The van der Waals surface area contributed by atoms with Crippen LogP contribution in [0.4, 0.5) is 0 Å². The second-order valence-electron chi connectivity index (χ2n) is 2.75. The fourth-order valence-electron chi connectivity index (χ4n) is 1.27. The van der Waals surface area contributed by atoms with Crippen molar-refractivity contribution >= 4 is 7.82 Å². The van der Waals surface area contributed by atoms with E-state index in [-0.39, 0.29) is 0 Å². The summed E-state index contributed by atoms with van der Waals surface area (Å²) in [4.78, 5) is 9.05. The van der Waals surface area contributed by atoms with Gasteiger partial charge in [-0.05, 0) is 18.1 Å². The Morgan fingerprint density at radius 1 is 1.46 bits per heavy atom. The van der Waals surface area contributed by atoms with Gasteiger partial charge in [0.2, 0.25) is 0 Å². The van der Waals surface area contributed by atoms with Gasteiger partial charge in [-0.25, -0.2) is 4.57 Å². The van der Waals surface area contributed by atoms with Crippen LogP contribution < -0.4 is 9.05 Å². The van der Waals surface area contributed by atoms with Crippen LogP contribution >= 0.6 is 7.82 Å². The van der Waals surface area contributed by atoms with E-state index in [1.165, 1.54) is 0 Å². The predicted octanol–water partition coefficient (Wildman–Crippen LogP) is 2.12. The Kier molecular flexibility index (Phi) is 1.82. The van der Waals surface area contributed by atoms with Crippen molar-refractivity contribution in [2.75, 3.05) is 0 Å². The van der Waals surface area contributed by atoms with E-state index in [9.17, 15) is 4.57 Å². The van der Waals surface area contributed by atoms with Crippen LogP contribution in [0.25, 0.3) is 0 Å². The summed E-state index contributed by atoms with van der Waals surface area (Å²) < 4.78 is 20.6. The molecule has 0 saturated heterocycles. The normalized spacial score (nSPS) is 24.8. The SMILES string of the molecule is CCc1cccc2c1OP(=O)(O)O2. The summed E-state index contributed by atoms with van der Waals surface area (Å²) in [7, 11) is -3.87. The highest BCUT2D eigenvalue weighted by molar-refractivity contribution is 7.48. The van der Waals surface area contributed by atoms with Crippen molar-refractivity contribution in [2.45, 2.75) is 13.3 Å². The summed E-state index contributed by atoms with van der Waals surface area (Å²) >= 11 is 0. The average molecular weight is 200 g/mol. The fraction of sp³-hybridized carbons (Fsp3) is 0.250. The van der Waals surface area contributed by atoms with Gasteiger partial charge in [0, 0.05) is 0 Å². The average Bonchev–Trinajstić information content (AvgIpc) is 2.37. The number of hydrogen-bond donors (Lipinski definition) is 1. The Hall–Kier alpha value is -0.990. The van der Waals surface area contributed by atoms with Gasteiger partial charge in [0.05, 0.1) is 0 Å². The standard InChI is InChI=1S/C8H9O4P/c1-2-6-4-3-5-7-8(6)12-13(9,10)11-7/h3-5H,2H2,1H3,(H,9,10). The molecule has 0 bridgehead atoms. The zero-order chi connectivity index (χ0) is 9.47. The number of rotatable bonds is 1. The highest BCUT2D eigenvalue weighted by atomic mass is 31.2. The summed E-state index contributed by atoms with van der Waals surface area (Å²) in [6.45, 7) is 1.94. The zero-order valence-electron chi connectivity index (χ0n) is 7.06. The molecule has 0 saturated carbocycles. The molecule has 70 valence electrons. The van der Waals surface area contributed by atoms with E-state index in [2.05, 4.69) is 0 Å². The molecule has 0 aromatic heterocycles. The minimum absolute atomic E-state index is 0.352. The molecule has 5 heteroatoms. The number of phosphoric ester groups is 1. The highest BCUT2D eigenvalue weighted by Crippen LogP contribution is 2.56. The van der Waals surface area contributed by atoms with Crippen molar-refractivity contribution in [1.29, 1.82) is 0 Å². The molecule has 4 nitrogen and oxygen atoms in total. The Bertz CT molecular complexity index is 388. The molecule has 1 aliphatic heterocycles. The molecule has 1 aromatic rings. The molecule has 2 rings (SSSR count). The largest absolute Gasteiger partial charge is 0.585 e. The summed E-state index contributed by atoms with van der Waals surface area (Å²) in [6, 6.07) is 5.23. The van der Waals surface area contributed by atoms with Crippen LogP contribution in [0.5, 0.6) is 11.5 Å². The van der Waals surface area contributed by atoms with E-state index in [4.69, 9.17) is 13.9 Å². The lowest BCUT2D eigenvalue weighted by Crippen LogP contribution is -1.89. The van der Waals surface area contributed by atoms with Crippen LogP contribution in [0.2, 0.25) is 0 Å². The van der Waals surface area contributed by atoms with Crippen LogP contribution in [0.1, 0.15) is 12.5 Å². The van der Waals surface area contributed by atoms with E-state index in [0.29, 0.717) is 11.5 Å². The maximum atomic E-state index is 11.1. The van der Waals surface area contributed by atoms with Crippen LogP contribution in [-0.4, -0.2) is 4.89 Å². The number of benzene rings is 1. The van der Waals surface area contributed by atoms with Gasteiger partial charge in [-0.15, -0.1) is 0 Å². The first-order valence-corrected chi connectivity index (χ1v) is 5.46. The van der Waals surface area contributed by atoms with Gasteiger partial charge in [0.25, 0.3) is 0 Å². The summed E-state index contributed by atoms with van der Waals surface area (Å²) in [6.07, 6.45) is 0.743. The lowest BCUT2D eigenvalue weighted by molar-refractivity contribution is 0.323. The molecule has 0 fully saturated rings. The van der Waals surface area contributed by atoms with Gasteiger partial charge in [-0.3, -0.25) is 4.89 Å². The smallest absolute Gasteiger partial charge is 0.391 e. The third-order valence-corrected chi connectivity index (χ3v) is 2.70. The molecule has 13 heavy (non-hydrogen) atoms. The van der Waals surface area contributed by atoms with Crippen molar-refractivity contribution in [3.63, 3.8) is 0 Å². The highest BCUT2D eigenvalue weighted by Gasteiger charge is 2.35. The van der Waals surface area contributed by atoms with Gasteiger partial charge in [-0.1, -0.05) is 19.1 Å². The number of aryl methyl sites for hydroxylation is 1. The van der Waals surface area contributed by atoms with Crippen LogP contribution in [0.15, 0.2) is 18.2 Å². The molecular weight excluding hydrogens is 191 g/mol. The molecule has 1 aliphatic rings. The maximum Gasteiger partial charge on any atom is 0.585 e. The van der Waals surface area contributed by atoms with Crippen molar-refractivity contribution in [1.82, 2.24) is 0 Å². The predicted molar refractivity (Wildman–Crippen MR) is 46.9 cm³/mol. The monoisotopic (exact) mass is 200 g/mol. The van der Waals surface area contributed by atoms with E-state index in [1.807, 2.05) is 13.0 Å². The molecule has 1 N–H and O–H groups in total. The molecule has 1 atom stereocenters. The molecular formula is C8H9O4P. The topological polar surface area (TPSA) is 55.8 Å². The Balaban J connectivity index is 2.51. The summed E-state index contributed by atoms with van der Waals surface area (Å²) in [5, 5.41) is 0. The molecule has 0 radical (unpaired) electrons. The minimum atomic E-state index is -3.87. The summed E-state index contributed by atoms with van der Waals surface area (Å²) in [5.41, 5.74) is 0.879. The fourth-order valence-corrected chi connectivity index (χ4v) is 2.14. The van der Waals surface area contributed by atoms with Crippen LogP contribution in [0, 0.1) is 0 Å². The van der Waals surface area contributed by atoms with E-state index in [0.717, 1.165) is 12.0 Å². The van der Waals surface area contributed by atoms with Gasteiger partial charge in [0.1, 0.15) is 0 Å². The van der Waals surface area contributed by atoms with Crippen LogP contribution in [-0.2, 0) is 11.0 Å². The molecule has 0 spiro atoms. The molecule has 1 aromatic carbocycles. The number of hydrogen-bond acceptors (Lipinski definition) is 3. The zero-order valence-corrected chi connectivity index (χ0v) is 7.95.